The molecule has 1 aromatic carbocycles. The van der Waals surface area contributed by atoms with Gasteiger partial charge < -0.3 is 9.42 Å². The highest BCUT2D eigenvalue weighted by Gasteiger charge is 2.33. The zero-order chi connectivity index (χ0) is 17.1. The van der Waals surface area contributed by atoms with E-state index in [1.807, 2.05) is 30.9 Å². The topological polar surface area (TPSA) is 59.2 Å². The number of carbonyl (C=O) groups excluding carboxylic acids is 1. The minimum absolute atomic E-state index is 0.0147. The highest BCUT2D eigenvalue weighted by atomic mass is 35.5. The van der Waals surface area contributed by atoms with Crippen LogP contribution in [-0.2, 0) is 4.79 Å². The van der Waals surface area contributed by atoms with Crippen LogP contribution in [0.25, 0.3) is 11.4 Å². The van der Waals surface area contributed by atoms with Crippen LogP contribution in [0.1, 0.15) is 51.5 Å². The molecule has 0 saturated carbocycles. The average molecular weight is 348 g/mol. The monoisotopic (exact) mass is 347 g/mol. The summed E-state index contributed by atoms with van der Waals surface area (Å²) in [6, 6.07) is 7.23. The van der Waals surface area contributed by atoms with Gasteiger partial charge in [-0.1, -0.05) is 42.7 Å². The van der Waals surface area contributed by atoms with E-state index in [1.54, 1.807) is 12.1 Å². The third-order valence-electron chi connectivity index (χ3n) is 4.63. The number of likely N-dealkylation sites (tertiary alicyclic amines) is 1. The first-order valence-corrected chi connectivity index (χ1v) is 8.88. The van der Waals surface area contributed by atoms with E-state index in [0.29, 0.717) is 16.7 Å². The quantitative estimate of drug-likeness (QED) is 0.817. The van der Waals surface area contributed by atoms with Crippen molar-refractivity contribution in [2.45, 2.75) is 45.6 Å². The number of piperidine rings is 1. The fraction of sp³-hybridized carbons (Fsp3) is 0.500. The van der Waals surface area contributed by atoms with Gasteiger partial charge in [-0.2, -0.15) is 4.98 Å². The summed E-state index contributed by atoms with van der Waals surface area (Å²) in [4.78, 5) is 19.1. The number of benzene rings is 1. The van der Waals surface area contributed by atoms with E-state index < -0.39 is 0 Å². The van der Waals surface area contributed by atoms with Crippen LogP contribution in [0.2, 0.25) is 5.02 Å². The van der Waals surface area contributed by atoms with Crippen LogP contribution in [0.3, 0.4) is 0 Å². The van der Waals surface area contributed by atoms with Gasteiger partial charge >= 0.3 is 0 Å². The molecule has 1 aliphatic heterocycles. The second kappa shape index (κ2) is 7.34. The highest BCUT2D eigenvalue weighted by Crippen LogP contribution is 2.32. The molecule has 24 heavy (non-hydrogen) atoms. The summed E-state index contributed by atoms with van der Waals surface area (Å²) in [6.45, 7) is 4.76. The van der Waals surface area contributed by atoms with Crippen molar-refractivity contribution in [1.29, 1.82) is 0 Å². The van der Waals surface area contributed by atoms with Crippen LogP contribution in [0.15, 0.2) is 28.8 Å². The predicted molar refractivity (Wildman–Crippen MR) is 92.5 cm³/mol. The van der Waals surface area contributed by atoms with Crippen molar-refractivity contribution in [3.05, 3.63) is 35.2 Å². The fourth-order valence-corrected chi connectivity index (χ4v) is 3.22. The molecule has 1 saturated heterocycles. The standard InChI is InChI=1S/C18H22ClN3O2/c1-3-12(2)18(23)22-10-5-4-9-15(22)17-20-16(21-24-17)13-7-6-8-14(19)11-13/h6-8,11-12,15H,3-5,9-10H2,1-2H3. The van der Waals surface area contributed by atoms with Gasteiger partial charge in [0.2, 0.25) is 17.6 Å². The Labute approximate surface area is 147 Å². The second-order valence-electron chi connectivity index (χ2n) is 6.32. The third-order valence-corrected chi connectivity index (χ3v) is 4.86. The summed E-state index contributed by atoms with van der Waals surface area (Å²) >= 11 is 6.03. The highest BCUT2D eigenvalue weighted by molar-refractivity contribution is 6.30. The van der Waals surface area contributed by atoms with Gasteiger partial charge in [-0.15, -0.1) is 0 Å². The Morgan fingerprint density at radius 1 is 1.46 bits per heavy atom. The molecule has 1 fully saturated rings. The van der Waals surface area contributed by atoms with Crippen molar-refractivity contribution >= 4 is 17.5 Å². The molecule has 2 heterocycles. The molecule has 0 spiro atoms. The molecule has 2 atom stereocenters. The lowest BCUT2D eigenvalue weighted by molar-refractivity contribution is -0.139. The largest absolute Gasteiger partial charge is 0.337 e. The Bertz CT molecular complexity index is 716. The maximum absolute atomic E-state index is 12.7. The molecule has 6 heteroatoms. The maximum Gasteiger partial charge on any atom is 0.249 e. The van der Waals surface area contributed by atoms with Crippen LogP contribution in [0.4, 0.5) is 0 Å². The second-order valence-corrected chi connectivity index (χ2v) is 6.76. The number of aromatic nitrogens is 2. The number of carbonyl (C=O) groups is 1. The molecule has 2 aromatic rings. The maximum atomic E-state index is 12.7. The molecular weight excluding hydrogens is 326 g/mol. The van der Waals surface area contributed by atoms with Crippen molar-refractivity contribution in [3.8, 4) is 11.4 Å². The van der Waals surface area contributed by atoms with Crippen LogP contribution >= 0.6 is 11.6 Å². The number of hydrogen-bond donors (Lipinski definition) is 0. The van der Waals surface area contributed by atoms with Crippen LogP contribution in [0.5, 0.6) is 0 Å². The molecule has 1 aromatic heterocycles. The van der Waals surface area contributed by atoms with Gasteiger partial charge in [-0.25, -0.2) is 0 Å². The van der Waals surface area contributed by atoms with E-state index in [1.165, 1.54) is 0 Å². The van der Waals surface area contributed by atoms with E-state index in [2.05, 4.69) is 10.1 Å². The van der Waals surface area contributed by atoms with Gasteiger partial charge in [-0.05, 0) is 37.8 Å². The number of rotatable bonds is 4. The van der Waals surface area contributed by atoms with E-state index >= 15 is 0 Å². The van der Waals surface area contributed by atoms with Crippen LogP contribution in [-0.4, -0.2) is 27.5 Å². The van der Waals surface area contributed by atoms with Crippen molar-refractivity contribution in [2.24, 2.45) is 5.92 Å². The smallest absolute Gasteiger partial charge is 0.249 e. The van der Waals surface area contributed by atoms with Crippen molar-refractivity contribution in [3.63, 3.8) is 0 Å². The lowest BCUT2D eigenvalue weighted by Crippen LogP contribution is -2.41. The minimum Gasteiger partial charge on any atom is -0.337 e. The van der Waals surface area contributed by atoms with Crippen molar-refractivity contribution in [1.82, 2.24) is 15.0 Å². The fourth-order valence-electron chi connectivity index (χ4n) is 3.03. The molecule has 3 rings (SSSR count). The molecule has 1 amide bonds. The lowest BCUT2D eigenvalue weighted by Gasteiger charge is -2.35. The van der Waals surface area contributed by atoms with Crippen LogP contribution in [0, 0.1) is 5.92 Å². The Morgan fingerprint density at radius 3 is 3.04 bits per heavy atom. The summed E-state index contributed by atoms with van der Waals surface area (Å²) in [6.07, 6.45) is 3.77. The molecule has 0 radical (unpaired) electrons. The molecule has 2 unspecified atom stereocenters. The van der Waals surface area contributed by atoms with Crippen molar-refractivity contribution < 1.29 is 9.32 Å². The van der Waals surface area contributed by atoms with Gasteiger partial charge in [-0.3, -0.25) is 4.79 Å². The Morgan fingerprint density at radius 2 is 2.29 bits per heavy atom. The van der Waals surface area contributed by atoms with Gasteiger partial charge in [0.15, 0.2) is 0 Å². The van der Waals surface area contributed by atoms with Gasteiger partial charge in [0, 0.05) is 23.0 Å². The first-order valence-electron chi connectivity index (χ1n) is 8.50. The number of hydrogen-bond acceptors (Lipinski definition) is 4. The first kappa shape index (κ1) is 17.0. The van der Waals surface area contributed by atoms with E-state index in [4.69, 9.17) is 16.1 Å². The predicted octanol–water partition coefficient (Wildman–Crippen LogP) is 4.49. The van der Waals surface area contributed by atoms with Crippen LogP contribution < -0.4 is 0 Å². The molecule has 0 bridgehead atoms. The van der Waals surface area contributed by atoms with E-state index in [-0.39, 0.29) is 17.9 Å². The first-order chi connectivity index (χ1) is 11.6. The molecule has 0 N–H and O–H groups in total. The molecule has 0 aliphatic carbocycles. The van der Waals surface area contributed by atoms with Crippen molar-refractivity contribution in [2.75, 3.05) is 6.54 Å². The average Bonchev–Trinajstić information content (AvgIpc) is 3.10. The zero-order valence-corrected chi connectivity index (χ0v) is 14.8. The molecule has 1 aliphatic rings. The summed E-state index contributed by atoms with van der Waals surface area (Å²) < 4.78 is 5.49. The minimum atomic E-state index is -0.124. The Balaban J connectivity index is 1.85. The van der Waals surface area contributed by atoms with Gasteiger partial charge in [0.25, 0.3) is 0 Å². The summed E-state index contributed by atoms with van der Waals surface area (Å²) in [7, 11) is 0. The SMILES string of the molecule is CCC(C)C(=O)N1CCCCC1c1nc(-c2cccc(Cl)c2)no1. The summed E-state index contributed by atoms with van der Waals surface area (Å²) in [5.41, 5.74) is 0.813. The summed E-state index contributed by atoms with van der Waals surface area (Å²) in [5.74, 6) is 1.21. The number of nitrogens with zero attached hydrogens (tertiary/aromatic N) is 3. The van der Waals surface area contributed by atoms with E-state index in [0.717, 1.165) is 37.8 Å². The third kappa shape index (κ3) is 3.46. The normalized spacial score (nSPS) is 19.3. The lowest BCUT2D eigenvalue weighted by atomic mass is 9.98. The van der Waals surface area contributed by atoms with E-state index in [9.17, 15) is 4.79 Å². The number of halogens is 1. The molecule has 128 valence electrons. The molecular formula is C18H22ClN3O2. The Hall–Kier alpha value is -1.88. The van der Waals surface area contributed by atoms with Gasteiger partial charge in [0.05, 0.1) is 0 Å². The summed E-state index contributed by atoms with van der Waals surface area (Å²) in [5, 5.41) is 4.71. The molecule has 5 nitrogen and oxygen atoms in total. The van der Waals surface area contributed by atoms with Gasteiger partial charge in [0.1, 0.15) is 6.04 Å². The Kier molecular flexibility index (Phi) is 5.19. The number of amides is 1. The zero-order valence-electron chi connectivity index (χ0n) is 14.0.